The van der Waals surface area contributed by atoms with Crippen molar-refractivity contribution < 1.29 is 9.66 Å². The molecule has 1 aliphatic rings. The van der Waals surface area contributed by atoms with Gasteiger partial charge in [-0.15, -0.1) is 0 Å². The molecule has 1 aliphatic heterocycles. The second-order valence-corrected chi connectivity index (χ2v) is 2.50. The molecule has 0 unspecified atom stereocenters. The molecule has 1 rings (SSSR count). The molecule has 1 atom stereocenters. The van der Waals surface area contributed by atoms with Gasteiger partial charge in [-0.25, -0.2) is 0 Å². The number of rotatable bonds is 2. The van der Waals surface area contributed by atoms with Crippen molar-refractivity contribution >= 4 is 0 Å². The van der Waals surface area contributed by atoms with E-state index in [2.05, 4.69) is 0 Å². The minimum absolute atomic E-state index is 0.0278. The van der Waals surface area contributed by atoms with Gasteiger partial charge in [0.1, 0.15) is 6.10 Å². The van der Waals surface area contributed by atoms with Gasteiger partial charge in [-0.1, -0.05) is 0 Å². The van der Waals surface area contributed by atoms with Crippen molar-refractivity contribution in [1.82, 2.24) is 0 Å². The van der Waals surface area contributed by atoms with Crippen LogP contribution in [0.3, 0.4) is 0 Å². The maximum atomic E-state index is 9.99. The summed E-state index contributed by atoms with van der Waals surface area (Å²) in [6, 6.07) is 0. The van der Waals surface area contributed by atoms with Crippen LogP contribution in [0.1, 0.15) is 19.3 Å². The molecule has 0 saturated carbocycles. The maximum absolute atomic E-state index is 9.99. The summed E-state index contributed by atoms with van der Waals surface area (Å²) >= 11 is 0. The Bertz CT molecular complexity index is 120. The van der Waals surface area contributed by atoms with Crippen molar-refractivity contribution in [3.63, 3.8) is 0 Å². The Balaban J connectivity index is 2.19. The molecule has 4 heteroatoms. The van der Waals surface area contributed by atoms with Crippen molar-refractivity contribution in [3.8, 4) is 0 Å². The Morgan fingerprint density at radius 1 is 1.60 bits per heavy atom. The lowest BCUT2D eigenvalue weighted by molar-refractivity contribution is -0.492. The summed E-state index contributed by atoms with van der Waals surface area (Å²) in [4.78, 5) is 9.68. The molecule has 0 bridgehead atoms. The highest BCUT2D eigenvalue weighted by molar-refractivity contribution is 4.61. The zero-order chi connectivity index (χ0) is 7.40. The Kier molecular flexibility index (Phi) is 2.62. The number of nitro groups is 1. The van der Waals surface area contributed by atoms with Gasteiger partial charge < -0.3 is 4.74 Å². The van der Waals surface area contributed by atoms with E-state index in [4.69, 9.17) is 4.74 Å². The number of hydrogen-bond donors (Lipinski definition) is 0. The van der Waals surface area contributed by atoms with Crippen LogP contribution in [0.2, 0.25) is 0 Å². The van der Waals surface area contributed by atoms with Crippen LogP contribution in [-0.4, -0.2) is 24.2 Å². The van der Waals surface area contributed by atoms with Crippen LogP contribution >= 0.6 is 0 Å². The van der Waals surface area contributed by atoms with E-state index < -0.39 is 0 Å². The molecule has 0 aromatic carbocycles. The van der Waals surface area contributed by atoms with Crippen molar-refractivity contribution in [2.24, 2.45) is 0 Å². The van der Waals surface area contributed by atoms with Crippen LogP contribution in [0.25, 0.3) is 0 Å². The summed E-state index contributed by atoms with van der Waals surface area (Å²) in [7, 11) is 0. The summed E-state index contributed by atoms with van der Waals surface area (Å²) < 4.78 is 5.15. The Labute approximate surface area is 59.3 Å². The first-order valence-corrected chi connectivity index (χ1v) is 3.52. The standard InChI is InChI=1S/C6H11NO3/c8-7(9)5-6-3-1-2-4-10-6/h6H,1-5H2/t6-/m0/s1. The Hall–Kier alpha value is -0.640. The fourth-order valence-corrected chi connectivity index (χ4v) is 1.12. The number of ether oxygens (including phenoxy) is 1. The second kappa shape index (κ2) is 3.51. The average Bonchev–Trinajstić information content (AvgIpc) is 1.88. The zero-order valence-electron chi connectivity index (χ0n) is 5.78. The van der Waals surface area contributed by atoms with Crippen LogP contribution in [0.4, 0.5) is 0 Å². The molecular formula is C6H11NO3. The highest BCUT2D eigenvalue weighted by atomic mass is 16.6. The predicted molar refractivity (Wildman–Crippen MR) is 35.5 cm³/mol. The fourth-order valence-electron chi connectivity index (χ4n) is 1.12. The van der Waals surface area contributed by atoms with Gasteiger partial charge >= 0.3 is 0 Å². The lowest BCUT2D eigenvalue weighted by atomic mass is 10.1. The van der Waals surface area contributed by atoms with Crippen molar-refractivity contribution in [2.45, 2.75) is 25.4 Å². The Morgan fingerprint density at radius 3 is 2.90 bits per heavy atom. The molecule has 1 heterocycles. The van der Waals surface area contributed by atoms with Crippen molar-refractivity contribution in [2.75, 3.05) is 13.2 Å². The SMILES string of the molecule is O=[N+]([O-])C[C@@H]1CCCCO1. The van der Waals surface area contributed by atoms with Crippen LogP contribution < -0.4 is 0 Å². The molecule has 0 N–H and O–H groups in total. The molecule has 0 radical (unpaired) electrons. The smallest absolute Gasteiger partial charge is 0.229 e. The number of nitrogens with zero attached hydrogens (tertiary/aromatic N) is 1. The molecule has 4 nitrogen and oxygen atoms in total. The first kappa shape index (κ1) is 7.47. The third kappa shape index (κ3) is 2.31. The maximum Gasteiger partial charge on any atom is 0.229 e. The van der Waals surface area contributed by atoms with E-state index in [0.29, 0.717) is 6.61 Å². The molecule has 0 aliphatic carbocycles. The first-order chi connectivity index (χ1) is 4.79. The van der Waals surface area contributed by atoms with Gasteiger partial charge in [-0.3, -0.25) is 10.1 Å². The third-order valence-corrected chi connectivity index (χ3v) is 1.63. The fraction of sp³-hybridized carbons (Fsp3) is 1.00. The zero-order valence-corrected chi connectivity index (χ0v) is 5.78. The van der Waals surface area contributed by atoms with Crippen LogP contribution in [0, 0.1) is 10.1 Å². The van der Waals surface area contributed by atoms with E-state index in [9.17, 15) is 10.1 Å². The van der Waals surface area contributed by atoms with Gasteiger partial charge in [0.05, 0.1) is 0 Å². The molecule has 1 fully saturated rings. The van der Waals surface area contributed by atoms with E-state index in [1.165, 1.54) is 0 Å². The third-order valence-electron chi connectivity index (χ3n) is 1.63. The highest BCUT2D eigenvalue weighted by Gasteiger charge is 2.18. The van der Waals surface area contributed by atoms with Crippen LogP contribution in [-0.2, 0) is 4.74 Å². The van der Waals surface area contributed by atoms with Gasteiger partial charge in [-0.05, 0) is 19.3 Å². The summed E-state index contributed by atoms with van der Waals surface area (Å²) in [5.74, 6) is 0. The van der Waals surface area contributed by atoms with E-state index in [1.807, 2.05) is 0 Å². The van der Waals surface area contributed by atoms with Gasteiger partial charge in [0.2, 0.25) is 6.54 Å². The molecule has 0 aromatic heterocycles. The molecule has 0 aromatic rings. The second-order valence-electron chi connectivity index (χ2n) is 2.50. The summed E-state index contributed by atoms with van der Waals surface area (Å²) in [6.45, 7) is 0.665. The van der Waals surface area contributed by atoms with Gasteiger partial charge in [0, 0.05) is 11.5 Å². The number of hydrogen-bond acceptors (Lipinski definition) is 3. The first-order valence-electron chi connectivity index (χ1n) is 3.52. The van der Waals surface area contributed by atoms with E-state index >= 15 is 0 Å². The van der Waals surface area contributed by atoms with Crippen molar-refractivity contribution in [3.05, 3.63) is 10.1 Å². The lowest BCUT2D eigenvalue weighted by Gasteiger charge is -2.18. The topological polar surface area (TPSA) is 52.4 Å². The van der Waals surface area contributed by atoms with E-state index in [0.717, 1.165) is 19.3 Å². The molecule has 1 saturated heterocycles. The van der Waals surface area contributed by atoms with Gasteiger partial charge in [-0.2, -0.15) is 0 Å². The quantitative estimate of drug-likeness (QED) is 0.427. The summed E-state index contributed by atoms with van der Waals surface area (Å²) in [6.07, 6.45) is 2.84. The van der Waals surface area contributed by atoms with Crippen molar-refractivity contribution in [1.29, 1.82) is 0 Å². The summed E-state index contributed by atoms with van der Waals surface area (Å²) in [5, 5.41) is 9.99. The summed E-state index contributed by atoms with van der Waals surface area (Å²) in [5.41, 5.74) is 0. The minimum atomic E-state index is -0.310. The normalized spacial score (nSPS) is 26.2. The minimum Gasteiger partial charge on any atom is -0.371 e. The molecule has 58 valence electrons. The largest absolute Gasteiger partial charge is 0.371 e. The Morgan fingerprint density at radius 2 is 2.40 bits per heavy atom. The molecule has 0 amide bonds. The lowest BCUT2D eigenvalue weighted by Crippen LogP contribution is -2.26. The molecular weight excluding hydrogens is 134 g/mol. The van der Waals surface area contributed by atoms with Crippen LogP contribution in [0.15, 0.2) is 0 Å². The van der Waals surface area contributed by atoms with E-state index in [-0.39, 0.29) is 17.6 Å². The molecule has 10 heavy (non-hydrogen) atoms. The van der Waals surface area contributed by atoms with Gasteiger partial charge in [0.15, 0.2) is 0 Å². The monoisotopic (exact) mass is 145 g/mol. The highest BCUT2D eigenvalue weighted by Crippen LogP contribution is 2.12. The van der Waals surface area contributed by atoms with E-state index in [1.54, 1.807) is 0 Å². The van der Waals surface area contributed by atoms with Gasteiger partial charge in [0.25, 0.3) is 0 Å². The molecule has 0 spiro atoms. The predicted octanol–water partition coefficient (Wildman–Crippen LogP) is 0.832. The van der Waals surface area contributed by atoms with Crippen LogP contribution in [0.5, 0.6) is 0 Å². The average molecular weight is 145 g/mol.